The van der Waals surface area contributed by atoms with Gasteiger partial charge in [-0.3, -0.25) is 0 Å². The minimum absolute atomic E-state index is 0.605. The van der Waals surface area contributed by atoms with Crippen molar-refractivity contribution >= 4 is 5.69 Å². The summed E-state index contributed by atoms with van der Waals surface area (Å²) in [4.78, 5) is 0. The Hall–Kier alpha value is -2.16. The molecule has 0 aromatic heterocycles. The average Bonchev–Trinajstić information content (AvgIpc) is 2.55. The first kappa shape index (κ1) is 14.8. The number of fused-ring (bicyclic) bond motifs is 1. The van der Waals surface area contributed by atoms with Crippen molar-refractivity contribution in [2.24, 2.45) is 5.92 Å². The third-order valence-electron chi connectivity index (χ3n) is 4.34. The van der Waals surface area contributed by atoms with Crippen molar-refractivity contribution in [3.63, 3.8) is 0 Å². The van der Waals surface area contributed by atoms with Crippen molar-refractivity contribution in [1.29, 1.82) is 0 Å². The van der Waals surface area contributed by atoms with Crippen molar-refractivity contribution in [2.75, 3.05) is 26.1 Å². The molecule has 1 atom stereocenters. The molecule has 3 rings (SSSR count). The highest BCUT2D eigenvalue weighted by Gasteiger charge is 2.21. The second kappa shape index (κ2) is 6.30. The van der Waals surface area contributed by atoms with E-state index in [9.17, 15) is 0 Å². The molecular weight excluding hydrogens is 274 g/mol. The van der Waals surface area contributed by atoms with Crippen LogP contribution in [0.4, 0.5) is 5.69 Å². The Morgan fingerprint density at radius 1 is 1.05 bits per heavy atom. The summed E-state index contributed by atoms with van der Waals surface area (Å²) in [6.07, 6.45) is 2.16. The molecule has 1 aliphatic heterocycles. The van der Waals surface area contributed by atoms with Crippen LogP contribution < -0.4 is 14.8 Å². The van der Waals surface area contributed by atoms with Crippen LogP contribution in [0.3, 0.4) is 0 Å². The standard InChI is InChI=1S/C19H23NO2/c1-13-4-6-14(7-5-13)8-15-9-16-10-18(21-2)19(22-3)11-17(16)20-12-15/h4-7,10-11,15,20H,8-9,12H2,1-3H3. The Morgan fingerprint density at radius 2 is 1.73 bits per heavy atom. The zero-order chi connectivity index (χ0) is 15.5. The summed E-state index contributed by atoms with van der Waals surface area (Å²) in [7, 11) is 3.36. The maximum atomic E-state index is 5.42. The molecule has 0 aliphatic carbocycles. The molecule has 0 saturated heterocycles. The lowest BCUT2D eigenvalue weighted by atomic mass is 9.88. The maximum absolute atomic E-state index is 5.42. The Kier molecular flexibility index (Phi) is 4.23. The number of benzene rings is 2. The molecule has 0 bridgehead atoms. The molecule has 116 valence electrons. The summed E-state index contributed by atoms with van der Waals surface area (Å²) in [5, 5.41) is 3.53. The average molecular weight is 297 g/mol. The minimum Gasteiger partial charge on any atom is -0.493 e. The van der Waals surface area contributed by atoms with Crippen LogP contribution >= 0.6 is 0 Å². The van der Waals surface area contributed by atoms with Gasteiger partial charge in [-0.15, -0.1) is 0 Å². The molecule has 0 radical (unpaired) electrons. The minimum atomic E-state index is 0.605. The Morgan fingerprint density at radius 3 is 2.41 bits per heavy atom. The van der Waals surface area contributed by atoms with E-state index in [-0.39, 0.29) is 0 Å². The van der Waals surface area contributed by atoms with Gasteiger partial charge in [0.2, 0.25) is 0 Å². The van der Waals surface area contributed by atoms with Gasteiger partial charge in [0.1, 0.15) is 0 Å². The van der Waals surface area contributed by atoms with Crippen molar-refractivity contribution in [3.05, 3.63) is 53.1 Å². The second-order valence-electron chi connectivity index (χ2n) is 6.01. The van der Waals surface area contributed by atoms with Gasteiger partial charge in [-0.25, -0.2) is 0 Å². The Bertz CT molecular complexity index is 649. The van der Waals surface area contributed by atoms with Gasteiger partial charge in [-0.1, -0.05) is 29.8 Å². The van der Waals surface area contributed by atoms with Crippen LogP contribution in [0.1, 0.15) is 16.7 Å². The quantitative estimate of drug-likeness (QED) is 0.930. The van der Waals surface area contributed by atoms with Gasteiger partial charge in [0.05, 0.1) is 14.2 Å². The number of hydrogen-bond acceptors (Lipinski definition) is 3. The fourth-order valence-corrected chi connectivity index (χ4v) is 3.09. The van der Waals surface area contributed by atoms with Crippen molar-refractivity contribution in [3.8, 4) is 11.5 Å². The first-order valence-electron chi connectivity index (χ1n) is 7.74. The molecule has 0 saturated carbocycles. The van der Waals surface area contributed by atoms with E-state index in [0.717, 1.165) is 36.6 Å². The summed E-state index contributed by atoms with van der Waals surface area (Å²) in [6, 6.07) is 13.0. The molecule has 3 nitrogen and oxygen atoms in total. The van der Waals surface area contributed by atoms with Crippen LogP contribution in [0, 0.1) is 12.8 Å². The molecule has 1 unspecified atom stereocenters. The zero-order valence-electron chi connectivity index (χ0n) is 13.5. The number of aryl methyl sites for hydroxylation is 1. The summed E-state index contributed by atoms with van der Waals surface area (Å²) in [5.41, 5.74) is 5.19. The van der Waals surface area contributed by atoms with Crippen LogP contribution in [0.5, 0.6) is 11.5 Å². The highest BCUT2D eigenvalue weighted by molar-refractivity contribution is 5.62. The van der Waals surface area contributed by atoms with Gasteiger partial charge < -0.3 is 14.8 Å². The third-order valence-corrected chi connectivity index (χ3v) is 4.34. The first-order chi connectivity index (χ1) is 10.7. The number of nitrogens with one attached hydrogen (secondary N) is 1. The Labute approximate surface area is 132 Å². The van der Waals surface area contributed by atoms with E-state index in [0.29, 0.717) is 5.92 Å². The molecule has 0 fully saturated rings. The summed E-state index contributed by atoms with van der Waals surface area (Å²) < 4.78 is 10.8. The van der Waals surface area contributed by atoms with Gasteiger partial charge >= 0.3 is 0 Å². The molecular formula is C19H23NO2. The van der Waals surface area contributed by atoms with E-state index in [1.165, 1.54) is 16.7 Å². The summed E-state index contributed by atoms with van der Waals surface area (Å²) in [5.74, 6) is 2.19. The molecule has 1 aliphatic rings. The van der Waals surface area contributed by atoms with E-state index < -0.39 is 0 Å². The normalized spacial score (nSPS) is 16.6. The zero-order valence-corrected chi connectivity index (χ0v) is 13.5. The number of methoxy groups -OCH3 is 2. The van der Waals surface area contributed by atoms with E-state index in [4.69, 9.17) is 9.47 Å². The van der Waals surface area contributed by atoms with Crippen LogP contribution in [0.15, 0.2) is 36.4 Å². The van der Waals surface area contributed by atoms with Crippen LogP contribution in [0.25, 0.3) is 0 Å². The van der Waals surface area contributed by atoms with Crippen molar-refractivity contribution in [2.45, 2.75) is 19.8 Å². The van der Waals surface area contributed by atoms with Crippen LogP contribution in [-0.2, 0) is 12.8 Å². The van der Waals surface area contributed by atoms with E-state index >= 15 is 0 Å². The largest absolute Gasteiger partial charge is 0.493 e. The number of hydrogen-bond donors (Lipinski definition) is 1. The van der Waals surface area contributed by atoms with Crippen molar-refractivity contribution < 1.29 is 9.47 Å². The molecule has 2 aromatic carbocycles. The van der Waals surface area contributed by atoms with E-state index in [2.05, 4.69) is 42.6 Å². The monoisotopic (exact) mass is 297 g/mol. The Balaban J connectivity index is 1.76. The number of rotatable bonds is 4. The van der Waals surface area contributed by atoms with Crippen LogP contribution in [-0.4, -0.2) is 20.8 Å². The lowest BCUT2D eigenvalue weighted by Gasteiger charge is -2.27. The highest BCUT2D eigenvalue weighted by atomic mass is 16.5. The molecule has 1 N–H and O–H groups in total. The topological polar surface area (TPSA) is 30.5 Å². The second-order valence-corrected chi connectivity index (χ2v) is 6.01. The molecule has 22 heavy (non-hydrogen) atoms. The first-order valence-corrected chi connectivity index (χ1v) is 7.74. The van der Waals surface area contributed by atoms with Gasteiger partial charge in [-0.05, 0) is 42.9 Å². The highest BCUT2D eigenvalue weighted by Crippen LogP contribution is 2.36. The fourth-order valence-electron chi connectivity index (χ4n) is 3.09. The molecule has 0 amide bonds. The number of ether oxygens (including phenoxy) is 2. The van der Waals surface area contributed by atoms with Crippen molar-refractivity contribution in [1.82, 2.24) is 0 Å². The van der Waals surface area contributed by atoms with Gasteiger partial charge in [0, 0.05) is 18.3 Å². The third kappa shape index (κ3) is 3.03. The number of anilines is 1. The van der Waals surface area contributed by atoms with Gasteiger partial charge in [0.15, 0.2) is 11.5 Å². The van der Waals surface area contributed by atoms with E-state index in [1.54, 1.807) is 14.2 Å². The van der Waals surface area contributed by atoms with Gasteiger partial charge in [0.25, 0.3) is 0 Å². The fraction of sp³-hybridized carbons (Fsp3) is 0.368. The molecule has 2 aromatic rings. The molecule has 3 heteroatoms. The molecule has 1 heterocycles. The summed E-state index contributed by atoms with van der Waals surface area (Å²) in [6.45, 7) is 3.12. The SMILES string of the molecule is COc1cc2c(cc1OC)NCC(Cc1ccc(C)cc1)C2. The van der Waals surface area contributed by atoms with E-state index in [1.807, 2.05) is 6.07 Å². The summed E-state index contributed by atoms with van der Waals surface area (Å²) >= 11 is 0. The lowest BCUT2D eigenvalue weighted by Crippen LogP contribution is -2.25. The predicted molar refractivity (Wildman–Crippen MR) is 90.1 cm³/mol. The molecule has 0 spiro atoms. The maximum Gasteiger partial charge on any atom is 0.162 e. The predicted octanol–water partition coefficient (Wildman–Crippen LogP) is 3.84. The lowest BCUT2D eigenvalue weighted by molar-refractivity contribution is 0.354. The van der Waals surface area contributed by atoms with Gasteiger partial charge in [-0.2, -0.15) is 0 Å². The smallest absolute Gasteiger partial charge is 0.162 e. The van der Waals surface area contributed by atoms with Crippen LogP contribution in [0.2, 0.25) is 0 Å².